The number of nitrogens with zero attached hydrogens (tertiary/aromatic N) is 1. The van der Waals surface area contributed by atoms with Crippen LogP contribution < -0.4 is 10.2 Å². The number of hydrogen-bond acceptors (Lipinski definition) is 7. The van der Waals surface area contributed by atoms with Crippen LogP contribution in [0, 0.1) is 0 Å². The van der Waals surface area contributed by atoms with Gasteiger partial charge in [-0.15, -0.1) is 0 Å². The predicted molar refractivity (Wildman–Crippen MR) is 109 cm³/mol. The highest BCUT2D eigenvalue weighted by molar-refractivity contribution is 6.11. The molecule has 1 aromatic rings. The third-order valence-corrected chi connectivity index (χ3v) is 4.41. The molecular weight excluding hydrogens is 392 g/mol. The number of hydrogen-bond donors (Lipinski definition) is 1. The lowest BCUT2D eigenvalue weighted by Crippen LogP contribution is -2.72. The molecule has 0 fully saturated rings. The fourth-order valence-electron chi connectivity index (χ4n) is 3.29. The molecular formula is C21H26N2O7. The van der Waals surface area contributed by atoms with Crippen LogP contribution in [0.25, 0.3) is 6.08 Å². The Bertz CT molecular complexity index is 832. The third-order valence-electron chi connectivity index (χ3n) is 4.41. The topological polar surface area (TPSA) is 111 Å². The molecule has 1 aliphatic rings. The lowest BCUT2D eigenvalue weighted by Gasteiger charge is -2.42. The summed E-state index contributed by atoms with van der Waals surface area (Å²) in [4.78, 5) is 52.4. The maximum Gasteiger partial charge on any atom is 0.414 e. The fraction of sp³-hybridized carbons (Fsp3) is 0.429. The Labute approximate surface area is 175 Å². The second-order valence-corrected chi connectivity index (χ2v) is 6.36. The van der Waals surface area contributed by atoms with E-state index in [9.17, 15) is 19.2 Å². The average molecular weight is 418 g/mol. The number of ether oxygens (including phenoxy) is 3. The summed E-state index contributed by atoms with van der Waals surface area (Å²) in [7, 11) is 0. The SMILES string of the molecule is CCOC(=O)N1c2ccccc2C=CC1C(NC(C)=O)(C(=O)OCC)C(=O)OCC. The van der Waals surface area contributed by atoms with Gasteiger partial charge in [0.25, 0.3) is 5.54 Å². The number of carbonyl (C=O) groups is 4. The van der Waals surface area contributed by atoms with Crippen molar-refractivity contribution in [3.05, 3.63) is 35.9 Å². The summed E-state index contributed by atoms with van der Waals surface area (Å²) in [6.07, 6.45) is 2.34. The van der Waals surface area contributed by atoms with E-state index in [0.29, 0.717) is 11.3 Å². The van der Waals surface area contributed by atoms with Crippen LogP contribution in [0.1, 0.15) is 33.3 Å². The molecule has 30 heavy (non-hydrogen) atoms. The monoisotopic (exact) mass is 418 g/mol. The molecule has 0 saturated heterocycles. The molecule has 2 rings (SSSR count). The lowest BCUT2D eigenvalue weighted by molar-refractivity contribution is -0.168. The highest BCUT2D eigenvalue weighted by Crippen LogP contribution is 2.35. The minimum atomic E-state index is -2.32. The van der Waals surface area contributed by atoms with Crippen LogP contribution in [-0.2, 0) is 28.6 Å². The van der Waals surface area contributed by atoms with Crippen LogP contribution in [0.15, 0.2) is 30.3 Å². The van der Waals surface area contributed by atoms with E-state index in [1.165, 1.54) is 6.08 Å². The van der Waals surface area contributed by atoms with E-state index >= 15 is 0 Å². The maximum absolute atomic E-state index is 13.1. The van der Waals surface area contributed by atoms with Crippen molar-refractivity contribution in [3.8, 4) is 0 Å². The lowest BCUT2D eigenvalue weighted by atomic mass is 9.85. The van der Waals surface area contributed by atoms with Crippen LogP contribution in [0.3, 0.4) is 0 Å². The summed E-state index contributed by atoms with van der Waals surface area (Å²) in [5.41, 5.74) is -1.24. The van der Waals surface area contributed by atoms with E-state index in [1.807, 2.05) is 0 Å². The molecule has 1 heterocycles. The van der Waals surface area contributed by atoms with Gasteiger partial charge in [-0.25, -0.2) is 14.4 Å². The number of fused-ring (bicyclic) bond motifs is 1. The van der Waals surface area contributed by atoms with Crippen LogP contribution in [0.5, 0.6) is 0 Å². The predicted octanol–water partition coefficient (Wildman–Crippen LogP) is 2.05. The molecule has 1 aliphatic heterocycles. The smallest absolute Gasteiger partial charge is 0.414 e. The van der Waals surface area contributed by atoms with Crippen molar-refractivity contribution in [2.75, 3.05) is 24.7 Å². The van der Waals surface area contributed by atoms with Crippen LogP contribution in [0.2, 0.25) is 0 Å². The normalized spacial score (nSPS) is 15.1. The Hall–Kier alpha value is -3.36. The number of carbonyl (C=O) groups excluding carboxylic acids is 4. The van der Waals surface area contributed by atoms with Crippen molar-refractivity contribution in [3.63, 3.8) is 0 Å². The molecule has 9 nitrogen and oxygen atoms in total. The van der Waals surface area contributed by atoms with Crippen molar-refractivity contribution < 1.29 is 33.4 Å². The minimum absolute atomic E-state index is 0.0496. The molecule has 0 saturated carbocycles. The number of rotatable bonds is 7. The number of esters is 2. The van der Waals surface area contributed by atoms with Crippen molar-refractivity contribution in [1.82, 2.24) is 5.32 Å². The maximum atomic E-state index is 13.1. The first-order valence-corrected chi connectivity index (χ1v) is 9.69. The number of anilines is 1. The number of amides is 2. The Kier molecular flexibility index (Phi) is 7.57. The first-order chi connectivity index (χ1) is 14.3. The Morgan fingerprint density at radius 3 is 2.07 bits per heavy atom. The minimum Gasteiger partial charge on any atom is -0.464 e. The molecule has 162 valence electrons. The van der Waals surface area contributed by atoms with Gasteiger partial charge in [-0.1, -0.05) is 30.4 Å². The third kappa shape index (κ3) is 4.29. The first kappa shape index (κ1) is 22.9. The van der Waals surface area contributed by atoms with Gasteiger partial charge >= 0.3 is 18.0 Å². The van der Waals surface area contributed by atoms with Gasteiger partial charge in [0.2, 0.25) is 5.91 Å². The second-order valence-electron chi connectivity index (χ2n) is 6.36. The number of benzene rings is 1. The van der Waals surface area contributed by atoms with Gasteiger partial charge in [-0.05, 0) is 32.4 Å². The van der Waals surface area contributed by atoms with E-state index in [0.717, 1.165) is 11.8 Å². The van der Waals surface area contributed by atoms with Gasteiger partial charge in [0.05, 0.1) is 25.5 Å². The molecule has 1 N–H and O–H groups in total. The highest BCUT2D eigenvalue weighted by atomic mass is 16.6. The molecule has 1 unspecified atom stereocenters. The van der Waals surface area contributed by atoms with Gasteiger partial charge in [-0.2, -0.15) is 0 Å². The summed E-state index contributed by atoms with van der Waals surface area (Å²) >= 11 is 0. The Morgan fingerprint density at radius 2 is 1.53 bits per heavy atom. The van der Waals surface area contributed by atoms with Crippen LogP contribution >= 0.6 is 0 Å². The molecule has 0 aliphatic carbocycles. The molecule has 2 amide bonds. The fourth-order valence-corrected chi connectivity index (χ4v) is 3.29. The summed E-state index contributed by atoms with van der Waals surface area (Å²) < 4.78 is 15.5. The van der Waals surface area contributed by atoms with Crippen LogP contribution in [-0.4, -0.2) is 55.3 Å². The first-order valence-electron chi connectivity index (χ1n) is 9.69. The highest BCUT2D eigenvalue weighted by Gasteiger charge is 2.59. The van der Waals surface area contributed by atoms with Crippen LogP contribution in [0.4, 0.5) is 10.5 Å². The van der Waals surface area contributed by atoms with Crippen molar-refractivity contribution >= 4 is 35.7 Å². The van der Waals surface area contributed by atoms with E-state index in [4.69, 9.17) is 14.2 Å². The Balaban J connectivity index is 2.75. The van der Waals surface area contributed by atoms with E-state index in [1.54, 1.807) is 51.1 Å². The molecule has 9 heteroatoms. The molecule has 1 atom stereocenters. The van der Waals surface area contributed by atoms with Crippen molar-refractivity contribution in [1.29, 1.82) is 0 Å². The molecule has 0 spiro atoms. The van der Waals surface area contributed by atoms with Gasteiger partial charge in [0.15, 0.2) is 0 Å². The van der Waals surface area contributed by atoms with E-state index < -0.39 is 35.5 Å². The van der Waals surface area contributed by atoms with Crippen molar-refractivity contribution in [2.24, 2.45) is 0 Å². The zero-order valence-corrected chi connectivity index (χ0v) is 17.5. The largest absolute Gasteiger partial charge is 0.464 e. The summed E-state index contributed by atoms with van der Waals surface area (Å²) in [5, 5.41) is 2.40. The average Bonchev–Trinajstić information content (AvgIpc) is 2.71. The Morgan fingerprint density at radius 1 is 0.967 bits per heavy atom. The van der Waals surface area contributed by atoms with Gasteiger partial charge in [0, 0.05) is 6.92 Å². The van der Waals surface area contributed by atoms with Crippen molar-refractivity contribution in [2.45, 2.75) is 39.3 Å². The standard InChI is InChI=1S/C21H26N2O7/c1-5-28-18(25)21(22-14(4)24,19(26)29-6-2)17-13-12-15-10-8-9-11-16(15)23(17)20(27)30-7-3/h8-13,17H,5-7H2,1-4H3,(H,22,24). The zero-order valence-electron chi connectivity index (χ0n) is 17.5. The molecule has 0 bridgehead atoms. The number of nitrogens with one attached hydrogen (secondary N) is 1. The zero-order chi connectivity index (χ0) is 22.3. The summed E-state index contributed by atoms with van der Waals surface area (Å²) in [6.45, 7) is 5.89. The summed E-state index contributed by atoms with van der Waals surface area (Å²) in [6, 6.07) is 5.62. The second kappa shape index (κ2) is 9.91. The van der Waals surface area contributed by atoms with E-state index in [2.05, 4.69) is 5.32 Å². The van der Waals surface area contributed by atoms with Gasteiger partial charge < -0.3 is 19.5 Å². The number of para-hydroxylation sites is 1. The van der Waals surface area contributed by atoms with E-state index in [-0.39, 0.29) is 19.8 Å². The quantitative estimate of drug-likeness (QED) is 0.410. The molecule has 1 aromatic carbocycles. The van der Waals surface area contributed by atoms with Gasteiger partial charge in [0.1, 0.15) is 6.04 Å². The molecule has 0 radical (unpaired) electrons. The van der Waals surface area contributed by atoms with Gasteiger partial charge in [-0.3, -0.25) is 9.69 Å². The molecule has 0 aromatic heterocycles. The summed E-state index contributed by atoms with van der Waals surface area (Å²) in [5.74, 6) is -2.75.